The van der Waals surface area contributed by atoms with E-state index in [4.69, 9.17) is 14.3 Å². The zero-order chi connectivity index (χ0) is 30.2. The quantitative estimate of drug-likeness (QED) is 0.190. The van der Waals surface area contributed by atoms with Crippen molar-refractivity contribution in [2.75, 3.05) is 0 Å². The second kappa shape index (κ2) is 14.5. The summed E-state index contributed by atoms with van der Waals surface area (Å²) in [6.07, 6.45) is 1.98. The third kappa shape index (κ3) is 8.54. The molecule has 3 aromatic heterocycles. The normalized spacial score (nSPS) is 11.2. The van der Waals surface area contributed by atoms with Gasteiger partial charge < -0.3 is 4.18 Å². The van der Waals surface area contributed by atoms with Crippen molar-refractivity contribution in [1.82, 2.24) is 24.5 Å². The molecule has 0 unspecified atom stereocenters. The Hall–Kier alpha value is -3.42. The molecule has 7 heteroatoms. The Balaban J connectivity index is 0.000000274. The van der Waals surface area contributed by atoms with Crippen LogP contribution in [0.2, 0.25) is 0 Å². The topological polar surface area (TPSA) is 57.8 Å². The minimum Gasteiger partial charge on any atom is -0.308 e. The maximum absolute atomic E-state index is 5.90. The molecule has 0 bridgehead atoms. The van der Waals surface area contributed by atoms with Gasteiger partial charge in [0.05, 0.1) is 17.1 Å². The van der Waals surface area contributed by atoms with Crippen molar-refractivity contribution in [3.8, 4) is 16.8 Å². The van der Waals surface area contributed by atoms with Gasteiger partial charge in [0.1, 0.15) is 6.61 Å². The highest BCUT2D eigenvalue weighted by Crippen LogP contribution is 2.30. The van der Waals surface area contributed by atoms with Crippen LogP contribution >= 0.6 is 12.0 Å². The zero-order valence-corrected chi connectivity index (χ0v) is 27.1. The first-order chi connectivity index (χ1) is 19.5. The van der Waals surface area contributed by atoms with E-state index in [0.29, 0.717) is 12.5 Å². The van der Waals surface area contributed by atoms with Crippen molar-refractivity contribution >= 4 is 23.1 Å². The van der Waals surface area contributed by atoms with Gasteiger partial charge in [0.15, 0.2) is 5.65 Å². The molecule has 0 N–H and O–H groups in total. The molecule has 0 atom stereocenters. The summed E-state index contributed by atoms with van der Waals surface area (Å²) >= 11 is 1.47. The monoisotopic (exact) mass is 571 g/mol. The molecule has 0 radical (unpaired) electrons. The molecule has 5 aromatic rings. The molecule has 0 aliphatic carbocycles. The first-order valence-electron chi connectivity index (χ1n) is 14.3. The number of nitrogens with zero attached hydrogens (tertiary/aromatic N) is 5. The van der Waals surface area contributed by atoms with E-state index in [1.165, 1.54) is 28.7 Å². The number of fused-ring (bicyclic) bond motifs is 1. The Morgan fingerprint density at radius 2 is 1.44 bits per heavy atom. The Bertz CT molecular complexity index is 1480. The number of aromatic nitrogens is 5. The Labute approximate surface area is 250 Å². The van der Waals surface area contributed by atoms with Gasteiger partial charge in [0, 0.05) is 29.1 Å². The summed E-state index contributed by atoms with van der Waals surface area (Å²) < 4.78 is 9.72. The fourth-order valence-electron chi connectivity index (χ4n) is 4.64. The molecule has 0 saturated heterocycles. The third-order valence-corrected chi connectivity index (χ3v) is 6.94. The number of hydrogen-bond acceptors (Lipinski definition) is 5. The molecular weight excluding hydrogens is 526 g/mol. The van der Waals surface area contributed by atoms with Gasteiger partial charge in [-0.25, -0.2) is 9.67 Å². The van der Waals surface area contributed by atoms with Gasteiger partial charge in [0.2, 0.25) is 0 Å². The van der Waals surface area contributed by atoms with Crippen molar-refractivity contribution in [3.05, 3.63) is 95.6 Å². The van der Waals surface area contributed by atoms with Gasteiger partial charge in [-0.05, 0) is 75.3 Å². The summed E-state index contributed by atoms with van der Waals surface area (Å²) in [6.45, 7) is 19.4. The molecule has 3 heterocycles. The largest absolute Gasteiger partial charge is 0.308 e. The van der Waals surface area contributed by atoms with Gasteiger partial charge in [-0.2, -0.15) is 10.2 Å². The number of aryl methyl sites for hydroxylation is 2. The maximum atomic E-state index is 5.90. The summed E-state index contributed by atoms with van der Waals surface area (Å²) in [5.41, 5.74) is 8.58. The lowest BCUT2D eigenvalue weighted by molar-refractivity contribution is 0.349. The number of rotatable bonds is 6. The van der Waals surface area contributed by atoms with Gasteiger partial charge in [-0.3, -0.25) is 4.68 Å². The Morgan fingerprint density at radius 1 is 0.878 bits per heavy atom. The average Bonchev–Trinajstić information content (AvgIpc) is 3.46. The molecular formula is C34H45N5OS. The van der Waals surface area contributed by atoms with Crippen molar-refractivity contribution < 1.29 is 4.18 Å². The minimum atomic E-state index is 0.0261. The van der Waals surface area contributed by atoms with Crippen LogP contribution in [-0.4, -0.2) is 29.3 Å². The predicted octanol–water partition coefficient (Wildman–Crippen LogP) is 9.24. The number of pyridine rings is 1. The molecule has 5 rings (SSSR count). The molecule has 0 amide bonds. The second-order valence-electron chi connectivity index (χ2n) is 11.0. The lowest BCUT2D eigenvalue weighted by Gasteiger charge is -2.17. The van der Waals surface area contributed by atoms with Crippen molar-refractivity contribution in [3.63, 3.8) is 0 Å². The first kappa shape index (κ1) is 32.1. The molecule has 0 aliphatic heterocycles. The van der Waals surface area contributed by atoms with E-state index < -0.39 is 0 Å². The van der Waals surface area contributed by atoms with Crippen molar-refractivity contribution in [2.45, 2.75) is 79.6 Å². The van der Waals surface area contributed by atoms with E-state index in [2.05, 4.69) is 108 Å². The highest BCUT2D eigenvalue weighted by molar-refractivity contribution is 7.96. The van der Waals surface area contributed by atoms with Crippen LogP contribution < -0.4 is 0 Å². The van der Waals surface area contributed by atoms with E-state index in [0.717, 1.165) is 33.8 Å². The van der Waals surface area contributed by atoms with Crippen molar-refractivity contribution in [2.24, 2.45) is 7.05 Å². The summed E-state index contributed by atoms with van der Waals surface area (Å²) in [6, 6.07) is 22.9. The standard InChI is InChI=1S/C20H29N5OS.C12H10.C2H6/c1-12(2)18-13(3)22-25(14(18)4)17-9-15-10-24(8)23-19(15)21-16(17)11-26-27-20(5,6)7;1-3-7-11(8-4-1)12-9-5-2-6-10-12;1-2/h9-10,12H,11H2,1-8H3;1-10H;1-2H3. The van der Waals surface area contributed by atoms with Crippen LogP contribution in [0.15, 0.2) is 72.9 Å². The maximum Gasteiger partial charge on any atom is 0.181 e. The van der Waals surface area contributed by atoms with Crippen LogP contribution in [0.3, 0.4) is 0 Å². The summed E-state index contributed by atoms with van der Waals surface area (Å²) in [4.78, 5) is 4.79. The Morgan fingerprint density at radius 3 is 1.93 bits per heavy atom. The summed E-state index contributed by atoms with van der Waals surface area (Å²) in [5.74, 6) is 0.421. The van der Waals surface area contributed by atoms with Gasteiger partial charge in [0.25, 0.3) is 0 Å². The summed E-state index contributed by atoms with van der Waals surface area (Å²) in [7, 11) is 1.91. The van der Waals surface area contributed by atoms with Gasteiger partial charge >= 0.3 is 0 Å². The van der Waals surface area contributed by atoms with Crippen LogP contribution in [0.4, 0.5) is 0 Å². The zero-order valence-electron chi connectivity index (χ0n) is 26.3. The second-order valence-corrected chi connectivity index (χ2v) is 12.6. The lowest BCUT2D eigenvalue weighted by Crippen LogP contribution is -2.10. The van der Waals surface area contributed by atoms with Gasteiger partial charge in [-0.1, -0.05) is 88.4 Å². The summed E-state index contributed by atoms with van der Waals surface area (Å²) in [5, 5.41) is 10.3. The van der Waals surface area contributed by atoms with Crippen LogP contribution in [0, 0.1) is 13.8 Å². The fourth-order valence-corrected chi connectivity index (χ4v) is 5.16. The molecule has 0 saturated carbocycles. The van der Waals surface area contributed by atoms with Gasteiger partial charge in [-0.15, -0.1) is 0 Å². The molecule has 41 heavy (non-hydrogen) atoms. The van der Waals surface area contributed by atoms with E-state index in [1.807, 2.05) is 43.9 Å². The third-order valence-electron chi connectivity index (χ3n) is 6.20. The molecule has 0 aliphatic rings. The predicted molar refractivity (Wildman–Crippen MR) is 175 cm³/mol. The SMILES string of the molecule is CC.Cc1nn(-c2cc3cn(C)nc3nc2COSC(C)(C)C)c(C)c1C(C)C.c1ccc(-c2ccccc2)cc1. The smallest absolute Gasteiger partial charge is 0.181 e. The van der Waals surface area contributed by atoms with Crippen LogP contribution in [0.25, 0.3) is 27.8 Å². The van der Waals surface area contributed by atoms with Crippen LogP contribution in [0.5, 0.6) is 0 Å². The highest BCUT2D eigenvalue weighted by Gasteiger charge is 2.20. The van der Waals surface area contributed by atoms with Crippen LogP contribution in [0.1, 0.15) is 77.0 Å². The molecule has 0 spiro atoms. The number of benzene rings is 2. The molecule has 0 fully saturated rings. The first-order valence-corrected chi connectivity index (χ1v) is 15.1. The molecule has 6 nitrogen and oxygen atoms in total. The fraction of sp³-hybridized carbons (Fsp3) is 0.382. The lowest BCUT2D eigenvalue weighted by atomic mass is 10.0. The highest BCUT2D eigenvalue weighted by atomic mass is 32.2. The van der Waals surface area contributed by atoms with E-state index in [-0.39, 0.29) is 4.75 Å². The van der Waals surface area contributed by atoms with Crippen LogP contribution in [-0.2, 0) is 17.8 Å². The van der Waals surface area contributed by atoms with E-state index in [1.54, 1.807) is 4.68 Å². The van der Waals surface area contributed by atoms with E-state index >= 15 is 0 Å². The molecule has 2 aromatic carbocycles. The van der Waals surface area contributed by atoms with E-state index in [9.17, 15) is 0 Å². The molecule has 218 valence electrons. The minimum absolute atomic E-state index is 0.0261. The average molecular weight is 572 g/mol. The van der Waals surface area contributed by atoms with Crippen molar-refractivity contribution in [1.29, 1.82) is 0 Å². The number of hydrogen-bond donors (Lipinski definition) is 0. The Kier molecular flexibility index (Phi) is 11.3.